The second-order valence-corrected chi connectivity index (χ2v) is 6.22. The summed E-state index contributed by atoms with van der Waals surface area (Å²) in [5.41, 5.74) is 2.16. The lowest BCUT2D eigenvalue weighted by Gasteiger charge is -2.15. The average molecular weight is 412 g/mol. The number of methoxy groups -OCH3 is 2. The van der Waals surface area contributed by atoms with Gasteiger partial charge in [-0.1, -0.05) is 10.4 Å². The molecule has 158 valence electrons. The van der Waals surface area contributed by atoms with E-state index in [0.29, 0.717) is 35.6 Å². The van der Waals surface area contributed by atoms with Crippen LogP contribution in [0.2, 0.25) is 0 Å². The van der Waals surface area contributed by atoms with Gasteiger partial charge in [-0.15, -0.1) is 10.2 Å². The highest BCUT2D eigenvalue weighted by Gasteiger charge is 2.05. The first-order valence-corrected chi connectivity index (χ1v) is 9.05. The highest BCUT2D eigenvalue weighted by Crippen LogP contribution is 2.15. The molecule has 0 radical (unpaired) electrons. The van der Waals surface area contributed by atoms with Crippen LogP contribution in [-0.4, -0.2) is 63.4 Å². The molecule has 10 nitrogen and oxygen atoms in total. The molecular formula is C20H24N6O4. The minimum atomic E-state index is -0.396. The quantitative estimate of drug-likeness (QED) is 0.352. The second-order valence-electron chi connectivity index (χ2n) is 6.22. The van der Waals surface area contributed by atoms with E-state index in [-0.39, 0.29) is 0 Å². The molecule has 0 aliphatic heterocycles. The molecule has 0 unspecified atom stereocenters. The van der Waals surface area contributed by atoms with E-state index in [1.165, 1.54) is 14.2 Å². The van der Waals surface area contributed by atoms with Gasteiger partial charge in [-0.25, -0.2) is 9.59 Å². The van der Waals surface area contributed by atoms with Crippen LogP contribution in [-0.2, 0) is 9.47 Å². The monoisotopic (exact) mass is 412 g/mol. The van der Waals surface area contributed by atoms with Crippen molar-refractivity contribution in [2.75, 3.05) is 41.4 Å². The van der Waals surface area contributed by atoms with Crippen molar-refractivity contribution in [2.45, 2.75) is 0 Å². The third-order valence-corrected chi connectivity index (χ3v) is 3.95. The fourth-order valence-corrected chi connectivity index (χ4v) is 2.20. The van der Waals surface area contributed by atoms with Crippen molar-refractivity contribution in [3.8, 4) is 0 Å². The number of carbonyl (C=O) groups is 2. The van der Waals surface area contributed by atoms with Crippen molar-refractivity contribution in [3.05, 3.63) is 59.7 Å². The Morgan fingerprint density at radius 3 is 1.33 bits per heavy atom. The topological polar surface area (TPSA) is 109 Å². The maximum Gasteiger partial charge on any atom is 0.337 e. The number of ether oxygens (including phenoxy) is 2. The number of carbonyl (C=O) groups excluding carboxylic acids is 2. The minimum absolute atomic E-state index is 0.396. The molecule has 2 aromatic carbocycles. The Bertz CT molecular complexity index is 821. The van der Waals surface area contributed by atoms with E-state index in [1.807, 2.05) is 0 Å². The molecule has 0 heterocycles. The third kappa shape index (κ3) is 6.97. The zero-order valence-electron chi connectivity index (χ0n) is 17.3. The fraction of sp³-hybridized carbons (Fsp3) is 0.300. The van der Waals surface area contributed by atoms with E-state index >= 15 is 0 Å². The Hall–Kier alpha value is -3.82. The highest BCUT2D eigenvalue weighted by atomic mass is 16.5. The first-order valence-electron chi connectivity index (χ1n) is 9.05. The molecule has 0 fully saturated rings. The minimum Gasteiger partial charge on any atom is -0.465 e. The lowest BCUT2D eigenvalue weighted by Crippen LogP contribution is -2.24. The molecule has 10 heteroatoms. The molecule has 2 aromatic rings. The number of hydrogen-bond acceptors (Lipinski definition) is 8. The molecule has 0 N–H and O–H groups in total. The van der Waals surface area contributed by atoms with Gasteiger partial charge in [-0.05, 0) is 48.5 Å². The van der Waals surface area contributed by atoms with Crippen LogP contribution in [0.4, 0.5) is 11.4 Å². The standard InChI is InChI=1S/C20H24N6O4/c1-25(23-21-17-9-5-15(6-10-17)19(27)29-3)13-14-26(2)24-22-18-11-7-16(8-12-18)20(28)30-4/h5-12H,13-14H2,1-4H3. The van der Waals surface area contributed by atoms with Gasteiger partial charge in [0.1, 0.15) is 0 Å². The molecule has 0 aromatic heterocycles. The summed E-state index contributed by atoms with van der Waals surface area (Å²) in [4.78, 5) is 22.8. The van der Waals surface area contributed by atoms with Crippen LogP contribution >= 0.6 is 0 Å². The number of esters is 2. The Labute approximate surface area is 174 Å². The van der Waals surface area contributed by atoms with Crippen LogP contribution in [0.5, 0.6) is 0 Å². The van der Waals surface area contributed by atoms with Gasteiger partial charge in [0.25, 0.3) is 0 Å². The SMILES string of the molecule is COC(=O)c1ccc(N=NN(C)CCN(C)N=Nc2ccc(C(=O)OC)cc2)cc1. The summed E-state index contributed by atoms with van der Waals surface area (Å²) in [6.07, 6.45) is 0. The van der Waals surface area contributed by atoms with E-state index < -0.39 is 11.9 Å². The van der Waals surface area contributed by atoms with Crippen LogP contribution in [0.1, 0.15) is 20.7 Å². The largest absolute Gasteiger partial charge is 0.465 e. The van der Waals surface area contributed by atoms with Gasteiger partial charge in [-0.2, -0.15) is 0 Å². The second kappa shape index (κ2) is 11.2. The molecule has 0 saturated heterocycles. The maximum atomic E-state index is 11.4. The molecule has 0 saturated carbocycles. The summed E-state index contributed by atoms with van der Waals surface area (Å²) < 4.78 is 9.31. The lowest BCUT2D eigenvalue weighted by atomic mass is 10.2. The van der Waals surface area contributed by atoms with Gasteiger partial charge in [0.05, 0.1) is 49.8 Å². The van der Waals surface area contributed by atoms with Gasteiger partial charge in [0.2, 0.25) is 0 Å². The number of rotatable bonds is 9. The summed E-state index contributed by atoms with van der Waals surface area (Å²) in [7, 11) is 6.26. The van der Waals surface area contributed by atoms with Gasteiger partial charge >= 0.3 is 11.9 Å². The zero-order chi connectivity index (χ0) is 21.9. The summed E-state index contributed by atoms with van der Waals surface area (Å²) in [5.74, 6) is -0.792. The molecule has 0 aliphatic carbocycles. The van der Waals surface area contributed by atoms with Crippen molar-refractivity contribution in [3.63, 3.8) is 0 Å². The average Bonchev–Trinajstić information content (AvgIpc) is 2.79. The van der Waals surface area contributed by atoms with Crippen LogP contribution in [0.25, 0.3) is 0 Å². The van der Waals surface area contributed by atoms with Crippen LogP contribution < -0.4 is 0 Å². The molecule has 0 aliphatic rings. The van der Waals surface area contributed by atoms with E-state index in [2.05, 4.69) is 30.1 Å². The van der Waals surface area contributed by atoms with Crippen LogP contribution in [0.3, 0.4) is 0 Å². The van der Waals surface area contributed by atoms with Gasteiger partial charge in [0.15, 0.2) is 0 Å². The molecule has 0 amide bonds. The number of benzene rings is 2. The van der Waals surface area contributed by atoms with Crippen molar-refractivity contribution in [1.29, 1.82) is 0 Å². The predicted molar refractivity (Wildman–Crippen MR) is 110 cm³/mol. The fourth-order valence-electron chi connectivity index (χ4n) is 2.20. The Morgan fingerprint density at radius 2 is 1.03 bits per heavy atom. The lowest BCUT2D eigenvalue weighted by molar-refractivity contribution is 0.0592. The van der Waals surface area contributed by atoms with Crippen LogP contribution in [0.15, 0.2) is 69.2 Å². The van der Waals surface area contributed by atoms with Gasteiger partial charge in [0, 0.05) is 14.1 Å². The first kappa shape index (κ1) is 22.5. The van der Waals surface area contributed by atoms with E-state index in [4.69, 9.17) is 0 Å². The van der Waals surface area contributed by atoms with E-state index in [0.717, 1.165) is 0 Å². The Balaban J connectivity index is 1.80. The maximum absolute atomic E-state index is 11.4. The van der Waals surface area contributed by atoms with Gasteiger partial charge < -0.3 is 9.47 Å². The summed E-state index contributed by atoms with van der Waals surface area (Å²) in [5, 5.41) is 19.8. The third-order valence-electron chi connectivity index (χ3n) is 3.95. The Kier molecular flexibility index (Phi) is 8.42. The van der Waals surface area contributed by atoms with Crippen molar-refractivity contribution in [1.82, 2.24) is 10.0 Å². The normalized spacial score (nSPS) is 10.9. The predicted octanol–water partition coefficient (Wildman–Crippen LogP) is 3.82. The highest BCUT2D eigenvalue weighted by molar-refractivity contribution is 5.90. The Morgan fingerprint density at radius 1 is 0.700 bits per heavy atom. The van der Waals surface area contributed by atoms with Crippen molar-refractivity contribution >= 4 is 23.3 Å². The summed E-state index contributed by atoms with van der Waals surface area (Å²) in [6, 6.07) is 13.3. The number of likely N-dealkylation sites (N-methyl/N-ethyl adjacent to an activating group) is 2. The zero-order valence-corrected chi connectivity index (χ0v) is 17.3. The first-order chi connectivity index (χ1) is 14.4. The molecule has 0 atom stereocenters. The molecule has 30 heavy (non-hydrogen) atoms. The molecule has 2 rings (SSSR count). The van der Waals surface area contributed by atoms with Crippen molar-refractivity contribution in [2.24, 2.45) is 20.7 Å². The van der Waals surface area contributed by atoms with E-state index in [9.17, 15) is 9.59 Å². The molecule has 0 spiro atoms. The molecule has 0 bridgehead atoms. The number of nitrogens with zero attached hydrogens (tertiary/aromatic N) is 6. The van der Waals surface area contributed by atoms with E-state index in [1.54, 1.807) is 72.6 Å². The summed E-state index contributed by atoms with van der Waals surface area (Å²) in [6.45, 7) is 1.14. The number of hydrogen-bond donors (Lipinski definition) is 0. The van der Waals surface area contributed by atoms with Gasteiger partial charge in [-0.3, -0.25) is 10.0 Å². The molecular weight excluding hydrogens is 388 g/mol. The van der Waals surface area contributed by atoms with Crippen molar-refractivity contribution < 1.29 is 19.1 Å². The van der Waals surface area contributed by atoms with Crippen LogP contribution in [0, 0.1) is 0 Å². The smallest absolute Gasteiger partial charge is 0.337 e. The summed E-state index contributed by atoms with van der Waals surface area (Å²) >= 11 is 0.